The maximum atomic E-state index is 10.9. The van der Waals surface area contributed by atoms with Gasteiger partial charge in [-0.3, -0.25) is 9.59 Å². The normalized spacial score (nSPS) is 10.5. The van der Waals surface area contributed by atoms with Crippen LogP contribution >= 0.6 is 22.7 Å². The molecule has 4 heteroatoms. The van der Waals surface area contributed by atoms with Crippen LogP contribution in [0.1, 0.15) is 25.6 Å². The maximum Gasteiger partial charge on any atom is 0.160 e. The summed E-state index contributed by atoms with van der Waals surface area (Å²) < 4.78 is 0. The summed E-state index contributed by atoms with van der Waals surface area (Å²) in [6, 6.07) is 13.8. The largest absolute Gasteiger partial charge is 0.298 e. The lowest BCUT2D eigenvalue weighted by atomic mass is 10.1. The summed E-state index contributed by atoms with van der Waals surface area (Å²) in [7, 11) is 0. The van der Waals surface area contributed by atoms with Crippen molar-refractivity contribution in [3.63, 3.8) is 0 Å². The van der Waals surface area contributed by atoms with Crippen LogP contribution in [-0.4, -0.2) is 12.6 Å². The average Bonchev–Trinajstić information content (AvgIpc) is 3.15. The van der Waals surface area contributed by atoms with E-state index in [2.05, 4.69) is 12.1 Å². The Balaban J connectivity index is 1.96. The first-order chi connectivity index (χ1) is 10.2. The zero-order valence-electron chi connectivity index (χ0n) is 11.3. The molecule has 2 nitrogen and oxygen atoms in total. The minimum absolute atomic E-state index is 0.726. The first-order valence-electron chi connectivity index (χ1n) is 6.42. The van der Waals surface area contributed by atoms with E-state index >= 15 is 0 Å². The molecule has 0 fully saturated rings. The number of hydrogen-bond acceptors (Lipinski definition) is 4. The first kappa shape index (κ1) is 13.9. The van der Waals surface area contributed by atoms with E-state index in [1.54, 1.807) is 11.3 Å². The molecule has 0 saturated carbocycles. The van der Waals surface area contributed by atoms with Gasteiger partial charge in [-0.05, 0) is 48.4 Å². The summed E-state index contributed by atoms with van der Waals surface area (Å²) >= 11 is 3.19. The van der Waals surface area contributed by atoms with Gasteiger partial charge < -0.3 is 0 Å². The van der Waals surface area contributed by atoms with Gasteiger partial charge in [-0.2, -0.15) is 0 Å². The Labute approximate surface area is 130 Å². The van der Waals surface area contributed by atoms with Gasteiger partial charge in [-0.25, -0.2) is 0 Å². The van der Waals surface area contributed by atoms with Crippen LogP contribution < -0.4 is 0 Å². The van der Waals surface area contributed by atoms with E-state index in [1.807, 2.05) is 37.3 Å². The molecule has 3 aromatic rings. The molecule has 0 spiro atoms. The van der Waals surface area contributed by atoms with Crippen LogP contribution in [0.3, 0.4) is 0 Å². The molecule has 1 aromatic carbocycles. The molecule has 0 unspecified atom stereocenters. The summed E-state index contributed by atoms with van der Waals surface area (Å²) in [6.45, 7) is 1.94. The Morgan fingerprint density at radius 3 is 2.19 bits per heavy atom. The molecule has 0 aliphatic heterocycles. The third-order valence-electron chi connectivity index (χ3n) is 3.27. The maximum absolute atomic E-state index is 10.9. The van der Waals surface area contributed by atoms with Crippen LogP contribution in [0.4, 0.5) is 0 Å². The predicted octanol–water partition coefficient (Wildman–Crippen LogP) is 5.08. The zero-order chi connectivity index (χ0) is 14.8. The van der Waals surface area contributed by atoms with Gasteiger partial charge in [0.2, 0.25) is 0 Å². The van der Waals surface area contributed by atoms with Crippen molar-refractivity contribution in [1.29, 1.82) is 0 Å². The Kier molecular flexibility index (Phi) is 3.82. The van der Waals surface area contributed by atoms with Gasteiger partial charge in [0.1, 0.15) is 6.29 Å². The molecule has 0 atom stereocenters. The van der Waals surface area contributed by atoms with E-state index in [0.717, 1.165) is 48.8 Å². The molecular weight excluding hydrogens is 300 g/mol. The highest BCUT2D eigenvalue weighted by atomic mass is 32.1. The van der Waals surface area contributed by atoms with Crippen molar-refractivity contribution in [2.45, 2.75) is 6.92 Å². The molecule has 2 aromatic heterocycles. The van der Waals surface area contributed by atoms with Crippen molar-refractivity contribution in [1.82, 2.24) is 0 Å². The summed E-state index contributed by atoms with van der Waals surface area (Å²) in [5, 5.41) is 0. The number of carbonyl (C=O) groups excluding carboxylic acids is 2. The number of rotatable bonds is 4. The summed E-state index contributed by atoms with van der Waals surface area (Å²) in [5.41, 5.74) is 2.82. The third-order valence-corrected chi connectivity index (χ3v) is 5.61. The van der Waals surface area contributed by atoms with E-state index in [0.29, 0.717) is 0 Å². The molecule has 104 valence electrons. The number of aryl methyl sites for hydroxylation is 1. The fraction of sp³-hybridized carbons (Fsp3) is 0.0588. The smallest absolute Gasteiger partial charge is 0.160 e. The molecule has 0 N–H and O–H groups in total. The van der Waals surface area contributed by atoms with Crippen LogP contribution in [0.15, 0.2) is 42.5 Å². The van der Waals surface area contributed by atoms with Crippen molar-refractivity contribution in [2.24, 2.45) is 0 Å². The van der Waals surface area contributed by atoms with Gasteiger partial charge in [0.15, 0.2) is 6.29 Å². The molecule has 0 radical (unpaired) electrons. The van der Waals surface area contributed by atoms with Gasteiger partial charge in [-0.1, -0.05) is 12.1 Å². The van der Waals surface area contributed by atoms with Crippen LogP contribution in [-0.2, 0) is 0 Å². The van der Waals surface area contributed by atoms with Crippen LogP contribution in [0.5, 0.6) is 0 Å². The first-order valence-corrected chi connectivity index (χ1v) is 8.06. The number of carbonyl (C=O) groups is 2. The van der Waals surface area contributed by atoms with Crippen molar-refractivity contribution < 1.29 is 9.59 Å². The van der Waals surface area contributed by atoms with E-state index in [9.17, 15) is 9.59 Å². The second-order valence-corrected chi connectivity index (χ2v) is 6.87. The molecule has 0 bridgehead atoms. The monoisotopic (exact) mass is 312 g/mol. The Hall–Kier alpha value is -2.04. The highest BCUT2D eigenvalue weighted by Gasteiger charge is 2.08. The zero-order valence-corrected chi connectivity index (χ0v) is 13.0. The lowest BCUT2D eigenvalue weighted by Crippen LogP contribution is -1.85. The molecule has 0 aliphatic rings. The quantitative estimate of drug-likeness (QED) is 0.630. The second kappa shape index (κ2) is 5.76. The number of aldehydes is 2. The highest BCUT2D eigenvalue weighted by molar-refractivity contribution is 7.24. The van der Waals surface area contributed by atoms with Crippen molar-refractivity contribution in [3.05, 3.63) is 58.5 Å². The van der Waals surface area contributed by atoms with Crippen molar-refractivity contribution in [3.8, 4) is 20.2 Å². The Bertz CT molecular complexity index is 812. The summed E-state index contributed by atoms with van der Waals surface area (Å²) in [4.78, 5) is 25.8. The van der Waals surface area contributed by atoms with Crippen LogP contribution in [0.2, 0.25) is 0 Å². The van der Waals surface area contributed by atoms with E-state index in [-0.39, 0.29) is 0 Å². The molecule has 2 heterocycles. The molecule has 0 saturated heterocycles. The third kappa shape index (κ3) is 2.73. The van der Waals surface area contributed by atoms with Gasteiger partial charge >= 0.3 is 0 Å². The molecule has 0 aliphatic carbocycles. The molecular formula is C17H12O2S2. The lowest BCUT2D eigenvalue weighted by molar-refractivity contribution is 0.111. The summed E-state index contributed by atoms with van der Waals surface area (Å²) in [6.07, 6.45) is 1.76. The fourth-order valence-corrected chi connectivity index (χ4v) is 4.05. The van der Waals surface area contributed by atoms with E-state index in [4.69, 9.17) is 0 Å². The van der Waals surface area contributed by atoms with Crippen LogP contribution in [0, 0.1) is 6.92 Å². The molecule has 0 amide bonds. The topological polar surface area (TPSA) is 34.1 Å². The predicted molar refractivity (Wildman–Crippen MR) is 88.6 cm³/mol. The minimum Gasteiger partial charge on any atom is -0.298 e. The van der Waals surface area contributed by atoms with E-state index < -0.39 is 0 Å². The minimum atomic E-state index is 0.726. The lowest BCUT2D eigenvalue weighted by Gasteiger charge is -2.02. The average molecular weight is 312 g/mol. The van der Waals surface area contributed by atoms with Gasteiger partial charge in [-0.15, -0.1) is 22.7 Å². The van der Waals surface area contributed by atoms with Gasteiger partial charge in [0, 0.05) is 20.2 Å². The SMILES string of the molecule is Cc1cc(-c2ccc(-c3ccc(C=O)s3)s2)ccc1C=O. The Morgan fingerprint density at radius 1 is 0.810 bits per heavy atom. The number of thiophene rings is 2. The summed E-state index contributed by atoms with van der Waals surface area (Å²) in [5.74, 6) is 0. The van der Waals surface area contributed by atoms with Crippen molar-refractivity contribution >= 4 is 35.2 Å². The fourth-order valence-electron chi connectivity index (χ4n) is 2.14. The van der Waals surface area contributed by atoms with Gasteiger partial charge in [0.25, 0.3) is 0 Å². The number of benzene rings is 1. The standard InChI is InChI=1S/C17H12O2S2/c1-11-8-12(2-3-13(11)9-18)15-6-7-17(21-15)16-5-4-14(10-19)20-16/h2-10H,1H3. The Morgan fingerprint density at radius 2 is 1.52 bits per heavy atom. The van der Waals surface area contributed by atoms with Crippen molar-refractivity contribution in [2.75, 3.05) is 0 Å². The molecule has 21 heavy (non-hydrogen) atoms. The van der Waals surface area contributed by atoms with Gasteiger partial charge in [0.05, 0.1) is 4.88 Å². The highest BCUT2D eigenvalue weighted by Crippen LogP contribution is 2.37. The molecule has 3 rings (SSSR count). The number of hydrogen-bond donors (Lipinski definition) is 0. The second-order valence-electron chi connectivity index (χ2n) is 4.67. The van der Waals surface area contributed by atoms with E-state index in [1.165, 1.54) is 11.3 Å². The van der Waals surface area contributed by atoms with Crippen LogP contribution in [0.25, 0.3) is 20.2 Å².